The highest BCUT2D eigenvalue weighted by Crippen LogP contribution is 2.16. The maximum Gasteiger partial charge on any atom is 0.240 e. The number of benzene rings is 1. The monoisotopic (exact) mass is 279 g/mol. The Bertz CT molecular complexity index is 488. The summed E-state index contributed by atoms with van der Waals surface area (Å²) >= 11 is 5.71. The third kappa shape index (κ3) is 4.26. The zero-order valence-corrected chi connectivity index (χ0v) is 11.3. The molecule has 0 saturated carbocycles. The summed E-state index contributed by atoms with van der Waals surface area (Å²) in [7, 11) is -3.66. The van der Waals surface area contributed by atoms with Crippen LogP contribution in [-0.2, 0) is 10.0 Å². The lowest BCUT2D eigenvalue weighted by atomic mass is 10.2. The Labute approximate surface area is 106 Å². The minimum Gasteiger partial charge on any atom is -0.211 e. The molecule has 0 fully saturated rings. The third-order valence-corrected chi connectivity index (χ3v) is 4.10. The van der Waals surface area contributed by atoms with Crippen molar-refractivity contribution in [2.24, 2.45) is 0 Å². The topological polar surface area (TPSA) is 46.2 Å². The molecule has 1 N–H and O–H groups in total. The highest BCUT2D eigenvalue weighted by atomic mass is 35.5. The Hall–Kier alpha value is -0.650. The summed E-state index contributed by atoms with van der Waals surface area (Å²) < 4.78 is 39.1. The minimum atomic E-state index is -3.66. The minimum absolute atomic E-state index is 0.0280. The lowest BCUT2D eigenvalue weighted by Crippen LogP contribution is -2.26. The van der Waals surface area contributed by atoms with Crippen molar-refractivity contribution in [2.75, 3.05) is 6.54 Å². The molecule has 0 aliphatic rings. The Morgan fingerprint density at radius 2 is 2.12 bits per heavy atom. The molecule has 0 aromatic heterocycles. The molecule has 1 rings (SSSR count). The molecule has 0 radical (unpaired) electrons. The van der Waals surface area contributed by atoms with Crippen molar-refractivity contribution in [3.63, 3.8) is 0 Å². The highest BCUT2D eigenvalue weighted by Gasteiger charge is 2.17. The smallest absolute Gasteiger partial charge is 0.211 e. The van der Waals surface area contributed by atoms with Gasteiger partial charge in [-0.2, -0.15) is 0 Å². The lowest BCUT2D eigenvalue weighted by molar-refractivity contribution is 0.574. The van der Waals surface area contributed by atoms with Crippen molar-refractivity contribution in [3.05, 3.63) is 29.6 Å². The van der Waals surface area contributed by atoms with Gasteiger partial charge in [0.15, 0.2) is 0 Å². The Morgan fingerprint density at radius 3 is 2.71 bits per heavy atom. The van der Waals surface area contributed by atoms with Crippen LogP contribution in [0.2, 0.25) is 0 Å². The van der Waals surface area contributed by atoms with Gasteiger partial charge in [0.1, 0.15) is 5.82 Å². The van der Waals surface area contributed by atoms with Crippen molar-refractivity contribution in [3.8, 4) is 0 Å². The van der Waals surface area contributed by atoms with Gasteiger partial charge in [-0.15, -0.1) is 11.6 Å². The molecule has 1 aromatic carbocycles. The predicted molar refractivity (Wildman–Crippen MR) is 66.3 cm³/mol. The first-order valence-electron chi connectivity index (χ1n) is 5.23. The van der Waals surface area contributed by atoms with Crippen molar-refractivity contribution >= 4 is 21.6 Å². The average molecular weight is 280 g/mol. The van der Waals surface area contributed by atoms with Crippen molar-refractivity contribution < 1.29 is 12.8 Å². The van der Waals surface area contributed by atoms with Gasteiger partial charge in [-0.1, -0.05) is 6.07 Å². The van der Waals surface area contributed by atoms with Crippen LogP contribution in [0.25, 0.3) is 0 Å². The normalized spacial score (nSPS) is 13.6. The SMILES string of the molecule is Cc1ccc(F)cc1S(=O)(=O)NCCC(C)Cl. The maximum atomic E-state index is 13.0. The molecule has 0 aliphatic carbocycles. The van der Waals surface area contributed by atoms with E-state index >= 15 is 0 Å². The summed E-state index contributed by atoms with van der Waals surface area (Å²) in [6, 6.07) is 3.69. The molecule has 6 heteroatoms. The molecule has 1 atom stereocenters. The van der Waals surface area contributed by atoms with Crippen molar-refractivity contribution in [1.29, 1.82) is 0 Å². The van der Waals surface area contributed by atoms with Gasteiger partial charge in [-0.3, -0.25) is 0 Å². The summed E-state index contributed by atoms with van der Waals surface area (Å²) in [5.41, 5.74) is 0.512. The van der Waals surface area contributed by atoms with Gasteiger partial charge < -0.3 is 0 Å². The van der Waals surface area contributed by atoms with Crippen LogP contribution in [0.1, 0.15) is 18.9 Å². The van der Waals surface area contributed by atoms with E-state index in [1.807, 2.05) is 0 Å². The fraction of sp³-hybridized carbons (Fsp3) is 0.455. The molecule has 17 heavy (non-hydrogen) atoms. The summed E-state index contributed by atoms with van der Waals surface area (Å²) in [5.74, 6) is -0.568. The van der Waals surface area contributed by atoms with Crippen LogP contribution in [0, 0.1) is 12.7 Å². The molecule has 1 aromatic rings. The first-order chi connectivity index (χ1) is 7.83. The second-order valence-electron chi connectivity index (χ2n) is 3.88. The molecule has 96 valence electrons. The second kappa shape index (κ2) is 5.80. The molecular weight excluding hydrogens is 265 g/mol. The van der Waals surface area contributed by atoms with E-state index in [0.29, 0.717) is 12.0 Å². The van der Waals surface area contributed by atoms with Crippen molar-refractivity contribution in [1.82, 2.24) is 4.72 Å². The molecule has 3 nitrogen and oxygen atoms in total. The maximum absolute atomic E-state index is 13.0. The Kier molecular flexibility index (Phi) is 4.91. The van der Waals surface area contributed by atoms with E-state index in [1.54, 1.807) is 13.8 Å². The van der Waals surface area contributed by atoms with Crippen LogP contribution >= 0.6 is 11.6 Å². The third-order valence-electron chi connectivity index (χ3n) is 2.27. The first kappa shape index (κ1) is 14.4. The molecule has 0 bridgehead atoms. The summed E-state index contributed by atoms with van der Waals surface area (Å²) in [4.78, 5) is -0.0280. The molecule has 0 heterocycles. The van der Waals surface area contributed by atoms with E-state index in [9.17, 15) is 12.8 Å². The molecular formula is C11H15ClFNO2S. The quantitative estimate of drug-likeness (QED) is 0.842. The number of halogens is 2. The van der Waals surface area contributed by atoms with Crippen LogP contribution in [0.15, 0.2) is 23.1 Å². The van der Waals surface area contributed by atoms with E-state index in [1.165, 1.54) is 12.1 Å². The first-order valence-corrected chi connectivity index (χ1v) is 7.15. The fourth-order valence-electron chi connectivity index (χ4n) is 1.33. The highest BCUT2D eigenvalue weighted by molar-refractivity contribution is 7.89. The van der Waals surface area contributed by atoms with Gasteiger partial charge in [0.05, 0.1) is 4.90 Å². The molecule has 0 saturated heterocycles. The van der Waals surface area contributed by atoms with E-state index in [-0.39, 0.29) is 16.8 Å². The van der Waals surface area contributed by atoms with Gasteiger partial charge in [0.25, 0.3) is 0 Å². The largest absolute Gasteiger partial charge is 0.240 e. The summed E-state index contributed by atoms with van der Waals surface area (Å²) in [6.07, 6.45) is 0.523. The van der Waals surface area contributed by atoms with Gasteiger partial charge in [-0.25, -0.2) is 17.5 Å². The summed E-state index contributed by atoms with van der Waals surface area (Å²) in [5, 5.41) is -0.105. The van der Waals surface area contributed by atoms with Gasteiger partial charge in [0, 0.05) is 11.9 Å². The number of hydrogen-bond acceptors (Lipinski definition) is 2. The average Bonchev–Trinajstić information content (AvgIpc) is 2.20. The summed E-state index contributed by atoms with van der Waals surface area (Å²) in [6.45, 7) is 3.64. The molecule has 1 unspecified atom stereocenters. The zero-order chi connectivity index (χ0) is 13.1. The number of aryl methyl sites for hydroxylation is 1. The van der Waals surface area contributed by atoms with E-state index in [2.05, 4.69) is 4.72 Å². The number of nitrogens with one attached hydrogen (secondary N) is 1. The number of hydrogen-bond donors (Lipinski definition) is 1. The van der Waals surface area contributed by atoms with Crippen LogP contribution < -0.4 is 4.72 Å². The zero-order valence-electron chi connectivity index (χ0n) is 9.70. The fourth-order valence-corrected chi connectivity index (χ4v) is 2.74. The Balaban J connectivity index is 2.86. The molecule has 0 aliphatic heterocycles. The van der Waals surface area contributed by atoms with Crippen LogP contribution in [0.4, 0.5) is 4.39 Å². The van der Waals surface area contributed by atoms with E-state index < -0.39 is 15.8 Å². The second-order valence-corrected chi connectivity index (χ2v) is 6.36. The van der Waals surface area contributed by atoms with Crippen LogP contribution in [0.5, 0.6) is 0 Å². The van der Waals surface area contributed by atoms with Gasteiger partial charge in [0.2, 0.25) is 10.0 Å². The van der Waals surface area contributed by atoms with Crippen LogP contribution in [0.3, 0.4) is 0 Å². The van der Waals surface area contributed by atoms with Crippen LogP contribution in [-0.4, -0.2) is 20.3 Å². The molecule has 0 spiro atoms. The van der Waals surface area contributed by atoms with E-state index in [0.717, 1.165) is 6.07 Å². The number of sulfonamides is 1. The lowest BCUT2D eigenvalue weighted by Gasteiger charge is -2.09. The van der Waals surface area contributed by atoms with Gasteiger partial charge in [-0.05, 0) is 38.0 Å². The molecule has 0 amide bonds. The Morgan fingerprint density at radius 1 is 1.47 bits per heavy atom. The standard InChI is InChI=1S/C11H15ClFNO2S/c1-8-3-4-10(13)7-11(8)17(15,16)14-6-5-9(2)12/h3-4,7,9,14H,5-6H2,1-2H3. The predicted octanol–water partition coefficient (Wildman–Crippen LogP) is 2.43. The van der Waals surface area contributed by atoms with Gasteiger partial charge >= 0.3 is 0 Å². The number of alkyl halides is 1. The number of rotatable bonds is 5. The van der Waals surface area contributed by atoms with Crippen molar-refractivity contribution in [2.45, 2.75) is 30.5 Å². The van der Waals surface area contributed by atoms with E-state index in [4.69, 9.17) is 11.6 Å².